The van der Waals surface area contributed by atoms with Gasteiger partial charge in [0.25, 0.3) is 0 Å². The van der Waals surface area contributed by atoms with Gasteiger partial charge in [0.05, 0.1) is 6.61 Å². The lowest BCUT2D eigenvalue weighted by Crippen LogP contribution is -2.55. The van der Waals surface area contributed by atoms with Crippen molar-refractivity contribution in [1.29, 1.82) is 0 Å². The first-order valence-electron chi connectivity index (χ1n) is 8.29. The summed E-state index contributed by atoms with van der Waals surface area (Å²) in [5.41, 5.74) is 0.226. The molecule has 1 saturated heterocycles. The van der Waals surface area contributed by atoms with Gasteiger partial charge in [-0.25, -0.2) is 0 Å². The number of hydrogen-bond acceptors (Lipinski definition) is 4. The van der Waals surface area contributed by atoms with Gasteiger partial charge in [0.1, 0.15) is 6.10 Å². The second kappa shape index (κ2) is 4.95. The number of fused-ring (bicyclic) bond motifs is 1. The molecule has 1 aliphatic heterocycles. The first-order chi connectivity index (χ1) is 9.84. The van der Waals surface area contributed by atoms with E-state index in [2.05, 4.69) is 13.8 Å². The van der Waals surface area contributed by atoms with E-state index in [9.17, 15) is 4.79 Å². The molecule has 4 nitrogen and oxygen atoms in total. The van der Waals surface area contributed by atoms with E-state index in [4.69, 9.17) is 14.2 Å². The Hall–Kier alpha value is -0.610. The fraction of sp³-hybridized carbons (Fsp3) is 0.941. The van der Waals surface area contributed by atoms with Gasteiger partial charge in [-0.3, -0.25) is 4.79 Å². The molecule has 0 aromatic carbocycles. The Morgan fingerprint density at radius 1 is 1.29 bits per heavy atom. The monoisotopic (exact) mass is 296 g/mol. The molecule has 4 heteroatoms. The minimum absolute atomic E-state index is 0.00992. The second-order valence-corrected chi connectivity index (χ2v) is 7.72. The van der Waals surface area contributed by atoms with Gasteiger partial charge >= 0.3 is 5.97 Å². The molecule has 0 amide bonds. The molecule has 120 valence electrons. The highest BCUT2D eigenvalue weighted by Crippen LogP contribution is 2.64. The summed E-state index contributed by atoms with van der Waals surface area (Å²) >= 11 is 0. The van der Waals surface area contributed by atoms with Gasteiger partial charge < -0.3 is 14.2 Å². The van der Waals surface area contributed by atoms with Crippen LogP contribution in [0.5, 0.6) is 0 Å². The van der Waals surface area contributed by atoms with Gasteiger partial charge in [0, 0.05) is 37.2 Å². The average molecular weight is 296 g/mol. The molecular weight excluding hydrogens is 268 g/mol. The van der Waals surface area contributed by atoms with Crippen molar-refractivity contribution in [3.63, 3.8) is 0 Å². The lowest BCUT2D eigenvalue weighted by molar-refractivity contribution is -0.222. The lowest BCUT2D eigenvalue weighted by atomic mass is 9.50. The third-order valence-electron chi connectivity index (χ3n) is 6.15. The van der Waals surface area contributed by atoms with Gasteiger partial charge in [-0.05, 0) is 32.1 Å². The van der Waals surface area contributed by atoms with Crippen LogP contribution in [0, 0.1) is 16.7 Å². The molecule has 2 aliphatic carbocycles. The number of esters is 1. The molecule has 0 unspecified atom stereocenters. The largest absolute Gasteiger partial charge is 0.462 e. The van der Waals surface area contributed by atoms with E-state index in [1.165, 1.54) is 6.92 Å². The zero-order valence-corrected chi connectivity index (χ0v) is 13.7. The summed E-state index contributed by atoms with van der Waals surface area (Å²) in [5, 5.41) is 0. The van der Waals surface area contributed by atoms with Gasteiger partial charge in [-0.15, -0.1) is 0 Å². The van der Waals surface area contributed by atoms with E-state index in [1.807, 2.05) is 6.92 Å². The Morgan fingerprint density at radius 2 is 2.05 bits per heavy atom. The topological polar surface area (TPSA) is 44.8 Å². The van der Waals surface area contributed by atoms with Crippen LogP contribution in [0.2, 0.25) is 0 Å². The average Bonchev–Trinajstić information content (AvgIpc) is 2.66. The standard InChI is InChI=1S/C17H28O4/c1-5-19-17-9-6-13-15(3,4)14(21-12(2)18)7-8-16(13,10-17)11-20-17/h13-14H,5-11H2,1-4H3/t13-,14+,16-,17+/m1/s1. The number of hydrogen-bond donors (Lipinski definition) is 0. The van der Waals surface area contributed by atoms with Crippen LogP contribution in [0.15, 0.2) is 0 Å². The molecule has 0 radical (unpaired) electrons. The highest BCUT2D eigenvalue weighted by molar-refractivity contribution is 5.66. The summed E-state index contributed by atoms with van der Waals surface area (Å²) in [7, 11) is 0. The molecule has 0 aromatic rings. The maximum Gasteiger partial charge on any atom is 0.302 e. The third-order valence-corrected chi connectivity index (χ3v) is 6.15. The predicted molar refractivity (Wildman–Crippen MR) is 78.7 cm³/mol. The van der Waals surface area contributed by atoms with Crippen molar-refractivity contribution < 1.29 is 19.0 Å². The van der Waals surface area contributed by atoms with Crippen molar-refractivity contribution in [3.05, 3.63) is 0 Å². The highest BCUT2D eigenvalue weighted by Gasteiger charge is 2.64. The Morgan fingerprint density at radius 3 is 2.71 bits per heavy atom. The molecule has 0 aromatic heterocycles. The Kier molecular flexibility index (Phi) is 3.61. The fourth-order valence-electron chi connectivity index (χ4n) is 5.32. The molecular formula is C17H28O4. The lowest BCUT2D eigenvalue weighted by Gasteiger charge is -2.56. The van der Waals surface area contributed by atoms with Crippen molar-refractivity contribution in [2.75, 3.05) is 13.2 Å². The highest BCUT2D eigenvalue weighted by atomic mass is 16.7. The molecule has 4 atom stereocenters. The smallest absolute Gasteiger partial charge is 0.302 e. The summed E-state index contributed by atoms with van der Waals surface area (Å²) in [6.07, 6.45) is 5.12. The Balaban J connectivity index is 1.83. The van der Waals surface area contributed by atoms with Crippen LogP contribution in [-0.4, -0.2) is 31.1 Å². The summed E-state index contributed by atoms with van der Waals surface area (Å²) in [5.74, 6) is 0.0423. The minimum Gasteiger partial charge on any atom is -0.462 e. The number of rotatable bonds is 3. The van der Waals surface area contributed by atoms with Crippen LogP contribution in [0.25, 0.3) is 0 Å². The second-order valence-electron chi connectivity index (χ2n) is 7.72. The van der Waals surface area contributed by atoms with Crippen molar-refractivity contribution in [1.82, 2.24) is 0 Å². The van der Waals surface area contributed by atoms with Crippen LogP contribution in [-0.2, 0) is 19.0 Å². The van der Waals surface area contributed by atoms with Crippen LogP contribution in [0.3, 0.4) is 0 Å². The van der Waals surface area contributed by atoms with Gasteiger partial charge in [0.2, 0.25) is 0 Å². The first kappa shape index (κ1) is 15.3. The van der Waals surface area contributed by atoms with Crippen LogP contribution >= 0.6 is 0 Å². The molecule has 21 heavy (non-hydrogen) atoms. The van der Waals surface area contributed by atoms with E-state index < -0.39 is 0 Å². The summed E-state index contributed by atoms with van der Waals surface area (Å²) in [6.45, 7) is 9.58. The fourth-order valence-corrected chi connectivity index (χ4v) is 5.32. The maximum absolute atomic E-state index is 11.4. The Bertz CT molecular complexity index is 433. The number of ether oxygens (including phenoxy) is 3. The summed E-state index contributed by atoms with van der Waals surface area (Å²) in [4.78, 5) is 11.4. The molecule has 3 rings (SSSR count). The van der Waals surface area contributed by atoms with Gasteiger partial charge in [0.15, 0.2) is 5.79 Å². The molecule has 1 spiro atoms. The molecule has 3 fully saturated rings. The van der Waals surface area contributed by atoms with Gasteiger partial charge in [-0.2, -0.15) is 0 Å². The number of carbonyl (C=O) groups is 1. The van der Waals surface area contributed by atoms with E-state index in [-0.39, 0.29) is 28.7 Å². The molecule has 2 saturated carbocycles. The quantitative estimate of drug-likeness (QED) is 0.750. The summed E-state index contributed by atoms with van der Waals surface area (Å²) < 4.78 is 17.7. The predicted octanol–water partition coefficient (Wildman–Crippen LogP) is 3.29. The van der Waals surface area contributed by atoms with Crippen molar-refractivity contribution in [3.8, 4) is 0 Å². The van der Waals surface area contributed by atoms with Crippen LogP contribution < -0.4 is 0 Å². The zero-order valence-electron chi connectivity index (χ0n) is 13.7. The van der Waals surface area contributed by atoms with Crippen molar-refractivity contribution in [2.24, 2.45) is 16.7 Å². The third kappa shape index (κ3) is 2.31. The van der Waals surface area contributed by atoms with E-state index in [0.29, 0.717) is 12.5 Å². The Labute approximate surface area is 127 Å². The van der Waals surface area contributed by atoms with E-state index in [1.54, 1.807) is 0 Å². The SMILES string of the molecule is CCO[C@@]12CC[C@@H]3C(C)(C)[C@@H](OC(C)=O)CC[C@]3(CO1)C2. The molecule has 3 aliphatic rings. The molecule has 1 heterocycles. The van der Waals surface area contributed by atoms with E-state index in [0.717, 1.165) is 38.7 Å². The van der Waals surface area contributed by atoms with Crippen molar-refractivity contribution >= 4 is 5.97 Å². The zero-order chi connectivity index (χ0) is 15.3. The van der Waals surface area contributed by atoms with Gasteiger partial charge in [-0.1, -0.05) is 13.8 Å². The van der Waals surface area contributed by atoms with Crippen molar-refractivity contribution in [2.45, 2.75) is 71.7 Å². The minimum atomic E-state index is -0.338. The van der Waals surface area contributed by atoms with E-state index >= 15 is 0 Å². The normalized spacial score (nSPS) is 44.2. The summed E-state index contributed by atoms with van der Waals surface area (Å²) in [6, 6.07) is 0. The molecule has 0 N–H and O–H groups in total. The maximum atomic E-state index is 11.4. The first-order valence-corrected chi connectivity index (χ1v) is 8.29. The number of carbonyl (C=O) groups excluding carboxylic acids is 1. The van der Waals surface area contributed by atoms with Crippen LogP contribution in [0.1, 0.15) is 59.8 Å². The van der Waals surface area contributed by atoms with Crippen LogP contribution in [0.4, 0.5) is 0 Å². The molecule has 2 bridgehead atoms.